The van der Waals surface area contributed by atoms with Crippen molar-refractivity contribution in [2.45, 2.75) is 18.9 Å². The van der Waals surface area contributed by atoms with E-state index in [-0.39, 0.29) is 18.2 Å². The summed E-state index contributed by atoms with van der Waals surface area (Å²) in [7, 11) is 6.41. The maximum Gasteiger partial charge on any atom is 0.249 e. The highest BCUT2D eigenvalue weighted by Gasteiger charge is 2.26. The van der Waals surface area contributed by atoms with Gasteiger partial charge in [-0.1, -0.05) is 11.5 Å². The highest BCUT2D eigenvalue weighted by molar-refractivity contribution is 6.97. The number of halogens is 1. The Hall–Kier alpha value is -1.78. The molecule has 1 unspecified atom stereocenters. The van der Waals surface area contributed by atoms with E-state index in [2.05, 4.69) is 10.6 Å². The molecule has 4 nitrogen and oxygen atoms in total. The second-order valence-corrected chi connectivity index (χ2v) is 4.05. The summed E-state index contributed by atoms with van der Waals surface area (Å²) in [4.78, 5) is 22.5. The molecule has 2 amide bonds. The molecule has 0 bridgehead atoms. The Morgan fingerprint density at radius 2 is 2.22 bits per heavy atom. The maximum absolute atomic E-state index is 13.5. The average Bonchev–Trinajstić information content (AvgIpc) is 2.33. The van der Waals surface area contributed by atoms with Gasteiger partial charge in [0.1, 0.15) is 11.9 Å². The van der Waals surface area contributed by atoms with Crippen LogP contribution in [0.3, 0.4) is 0 Å². The fourth-order valence-corrected chi connectivity index (χ4v) is 1.78. The molecule has 1 aromatic carbocycles. The van der Waals surface area contributed by atoms with Crippen LogP contribution in [0, 0.1) is 5.82 Å². The SMILES string of the molecule is [B][B]c1ccc(NC2CCC(=O)NC2=O)cc1F. The highest BCUT2D eigenvalue weighted by Crippen LogP contribution is 2.14. The molecule has 18 heavy (non-hydrogen) atoms. The van der Waals surface area contributed by atoms with Crippen LogP contribution >= 0.6 is 0 Å². The van der Waals surface area contributed by atoms with Crippen molar-refractivity contribution in [3.05, 3.63) is 24.0 Å². The Labute approximate surface area is 106 Å². The minimum atomic E-state index is -0.519. The van der Waals surface area contributed by atoms with Crippen LogP contribution in [0.4, 0.5) is 10.1 Å². The molecule has 3 radical (unpaired) electrons. The number of amides is 2. The van der Waals surface area contributed by atoms with Gasteiger partial charge in [0.05, 0.1) is 7.17 Å². The van der Waals surface area contributed by atoms with E-state index in [1.807, 2.05) is 0 Å². The van der Waals surface area contributed by atoms with Crippen LogP contribution in [-0.4, -0.2) is 32.8 Å². The lowest BCUT2D eigenvalue weighted by atomic mass is 9.51. The number of rotatable bonds is 3. The largest absolute Gasteiger partial charge is 0.374 e. The van der Waals surface area contributed by atoms with Crippen LogP contribution in [0.25, 0.3) is 0 Å². The molecule has 0 aliphatic carbocycles. The van der Waals surface area contributed by atoms with E-state index in [0.29, 0.717) is 17.6 Å². The fourth-order valence-electron chi connectivity index (χ4n) is 1.78. The molecule has 1 aromatic rings. The number of hydrogen-bond donors (Lipinski definition) is 2. The fraction of sp³-hybridized carbons (Fsp3) is 0.273. The normalized spacial score (nSPS) is 19.3. The molecular formula is C11H10B2FN2O2. The standard InChI is InChI=1S/C11H10B2FN2O2/c12-13-7-2-1-6(5-8(7)14)15-9-3-4-10(17)16-11(9)18/h1-2,5,9,15H,3-4H2,(H,16,17,18). The van der Waals surface area contributed by atoms with Crippen LogP contribution in [0.5, 0.6) is 0 Å². The van der Waals surface area contributed by atoms with Gasteiger partial charge in [-0.15, -0.1) is 0 Å². The minimum Gasteiger partial charge on any atom is -0.374 e. The van der Waals surface area contributed by atoms with Crippen molar-refractivity contribution in [1.29, 1.82) is 0 Å². The molecule has 7 heteroatoms. The number of imide groups is 1. The van der Waals surface area contributed by atoms with Crippen molar-refractivity contribution in [2.75, 3.05) is 5.32 Å². The molecule has 1 atom stereocenters. The summed E-state index contributed by atoms with van der Waals surface area (Å²) in [6.45, 7) is 0. The molecule has 1 saturated heterocycles. The van der Waals surface area contributed by atoms with Gasteiger partial charge in [0.25, 0.3) is 0 Å². The van der Waals surface area contributed by atoms with Gasteiger partial charge in [-0.3, -0.25) is 14.9 Å². The van der Waals surface area contributed by atoms with Crippen LogP contribution in [-0.2, 0) is 9.59 Å². The molecule has 89 valence electrons. The van der Waals surface area contributed by atoms with Gasteiger partial charge in [0, 0.05) is 19.8 Å². The zero-order valence-corrected chi connectivity index (χ0v) is 9.57. The van der Waals surface area contributed by atoms with E-state index in [1.54, 1.807) is 6.07 Å². The minimum absolute atomic E-state index is 0.278. The van der Waals surface area contributed by atoms with Crippen molar-refractivity contribution in [3.8, 4) is 0 Å². The number of anilines is 1. The molecule has 0 aromatic heterocycles. The third kappa shape index (κ3) is 2.72. The first-order chi connectivity index (χ1) is 8.60. The summed E-state index contributed by atoms with van der Waals surface area (Å²) >= 11 is 0. The molecule has 1 aliphatic heterocycles. The first-order valence-electron chi connectivity index (χ1n) is 5.55. The van der Waals surface area contributed by atoms with Gasteiger partial charge in [0.15, 0.2) is 0 Å². The Kier molecular flexibility index (Phi) is 3.69. The quantitative estimate of drug-likeness (QED) is 0.553. The smallest absolute Gasteiger partial charge is 0.249 e. The Morgan fingerprint density at radius 3 is 2.83 bits per heavy atom. The van der Waals surface area contributed by atoms with Gasteiger partial charge in [-0.2, -0.15) is 0 Å². The predicted octanol–water partition coefficient (Wildman–Crippen LogP) is -0.544. The summed E-state index contributed by atoms with van der Waals surface area (Å²) < 4.78 is 13.5. The van der Waals surface area contributed by atoms with Crippen LogP contribution in [0.15, 0.2) is 18.2 Å². The monoisotopic (exact) mass is 243 g/mol. The molecular weight excluding hydrogens is 233 g/mol. The lowest BCUT2D eigenvalue weighted by Crippen LogP contribution is -2.47. The second-order valence-electron chi connectivity index (χ2n) is 4.05. The van der Waals surface area contributed by atoms with Crippen molar-refractivity contribution in [3.63, 3.8) is 0 Å². The van der Waals surface area contributed by atoms with Gasteiger partial charge in [-0.05, 0) is 18.6 Å². The van der Waals surface area contributed by atoms with E-state index >= 15 is 0 Å². The maximum atomic E-state index is 13.5. The van der Waals surface area contributed by atoms with Crippen molar-refractivity contribution < 1.29 is 14.0 Å². The molecule has 0 saturated carbocycles. The van der Waals surface area contributed by atoms with Gasteiger partial charge in [-0.25, -0.2) is 4.39 Å². The van der Waals surface area contributed by atoms with Crippen LogP contribution in [0.2, 0.25) is 0 Å². The Balaban J connectivity index is 2.07. The number of carbonyl (C=O) groups is 2. The summed E-state index contributed by atoms with van der Waals surface area (Å²) in [6, 6.07) is 3.90. The van der Waals surface area contributed by atoms with E-state index in [9.17, 15) is 14.0 Å². The Morgan fingerprint density at radius 1 is 1.44 bits per heavy atom. The van der Waals surface area contributed by atoms with Gasteiger partial charge >= 0.3 is 0 Å². The number of nitrogens with one attached hydrogen (secondary N) is 2. The van der Waals surface area contributed by atoms with E-state index in [0.717, 1.165) is 0 Å². The van der Waals surface area contributed by atoms with Crippen molar-refractivity contribution >= 4 is 37.9 Å². The molecule has 1 fully saturated rings. The van der Waals surface area contributed by atoms with Crippen LogP contribution in [0.1, 0.15) is 12.8 Å². The van der Waals surface area contributed by atoms with Crippen LogP contribution < -0.4 is 16.1 Å². The number of piperidine rings is 1. The van der Waals surface area contributed by atoms with Crippen molar-refractivity contribution in [2.24, 2.45) is 0 Å². The van der Waals surface area contributed by atoms with E-state index in [4.69, 9.17) is 7.74 Å². The summed E-state index contributed by atoms with van der Waals surface area (Å²) in [6.07, 6.45) is 0.678. The number of hydrogen-bond acceptors (Lipinski definition) is 3. The molecule has 0 spiro atoms. The highest BCUT2D eigenvalue weighted by atomic mass is 19.1. The van der Waals surface area contributed by atoms with E-state index in [1.165, 1.54) is 19.3 Å². The Bertz CT molecular complexity index is 496. The molecule has 2 N–H and O–H groups in total. The summed E-state index contributed by atoms with van der Waals surface area (Å²) in [5, 5.41) is 5.11. The second kappa shape index (κ2) is 5.25. The lowest BCUT2D eigenvalue weighted by Gasteiger charge is -2.22. The number of carbonyl (C=O) groups excluding carboxylic acids is 2. The first kappa shape index (κ1) is 12.7. The lowest BCUT2D eigenvalue weighted by molar-refractivity contribution is -0.133. The molecule has 1 heterocycles. The summed E-state index contributed by atoms with van der Waals surface area (Å²) in [5.74, 6) is -1.13. The van der Waals surface area contributed by atoms with Crippen molar-refractivity contribution in [1.82, 2.24) is 5.32 Å². The average molecular weight is 243 g/mol. The number of benzene rings is 1. The first-order valence-corrected chi connectivity index (χ1v) is 5.55. The third-order valence-electron chi connectivity index (χ3n) is 2.76. The predicted molar refractivity (Wildman–Crippen MR) is 67.3 cm³/mol. The summed E-state index contributed by atoms with van der Waals surface area (Å²) in [5.41, 5.74) is 0.774. The zero-order chi connectivity index (χ0) is 13.1. The molecule has 1 aliphatic rings. The zero-order valence-electron chi connectivity index (χ0n) is 9.57. The molecule has 2 rings (SSSR count). The van der Waals surface area contributed by atoms with Gasteiger partial charge < -0.3 is 5.32 Å². The topological polar surface area (TPSA) is 58.2 Å². The van der Waals surface area contributed by atoms with E-state index < -0.39 is 11.9 Å². The van der Waals surface area contributed by atoms with Gasteiger partial charge in [0.2, 0.25) is 11.8 Å². The third-order valence-corrected chi connectivity index (χ3v) is 2.76.